The standard InChI is InChI=1S/C18H20F5N3O4/c1-3-26-12-6-4-5-7-13(12)30-8-11(16(26)29)25-15(28)10(2)14(27)24-9-17(19,20)18(21,22)23/h4-7,10-11H,3,8-9H2,1-2H3,(H,24,27)(H,25,28). The normalized spacial score (nSPS) is 18.0. The van der Waals surface area contributed by atoms with Crippen LogP contribution >= 0.6 is 0 Å². The molecule has 1 aliphatic heterocycles. The molecule has 166 valence electrons. The Morgan fingerprint density at radius 1 is 1.20 bits per heavy atom. The highest BCUT2D eigenvalue weighted by atomic mass is 19.4. The number of likely N-dealkylation sites (N-methyl/N-ethyl adjacent to an activating group) is 1. The minimum absolute atomic E-state index is 0.251. The number of nitrogens with zero attached hydrogens (tertiary/aromatic N) is 1. The van der Waals surface area contributed by atoms with Gasteiger partial charge in [0.2, 0.25) is 11.8 Å². The number of carbonyl (C=O) groups excluding carboxylic acids is 3. The Labute approximate surface area is 168 Å². The van der Waals surface area contributed by atoms with Gasteiger partial charge in [-0.3, -0.25) is 14.4 Å². The molecule has 12 heteroatoms. The molecule has 0 aliphatic carbocycles. The molecule has 1 aromatic rings. The van der Waals surface area contributed by atoms with E-state index in [2.05, 4.69) is 5.32 Å². The molecule has 30 heavy (non-hydrogen) atoms. The van der Waals surface area contributed by atoms with E-state index in [9.17, 15) is 36.3 Å². The summed E-state index contributed by atoms with van der Waals surface area (Å²) in [4.78, 5) is 38.2. The van der Waals surface area contributed by atoms with Crippen LogP contribution in [-0.2, 0) is 14.4 Å². The largest absolute Gasteiger partial charge is 0.489 e. The van der Waals surface area contributed by atoms with Gasteiger partial charge in [0, 0.05) is 6.54 Å². The van der Waals surface area contributed by atoms with Gasteiger partial charge in [-0.1, -0.05) is 12.1 Å². The molecule has 2 rings (SSSR count). The van der Waals surface area contributed by atoms with E-state index in [0.29, 0.717) is 11.4 Å². The van der Waals surface area contributed by atoms with Crippen LogP contribution in [-0.4, -0.2) is 55.6 Å². The number of rotatable bonds is 6. The van der Waals surface area contributed by atoms with E-state index in [1.54, 1.807) is 31.2 Å². The lowest BCUT2D eigenvalue weighted by atomic mass is 10.1. The predicted octanol–water partition coefficient (Wildman–Crippen LogP) is 1.87. The van der Waals surface area contributed by atoms with Gasteiger partial charge in [0.05, 0.1) is 12.2 Å². The zero-order chi connectivity index (χ0) is 22.7. The molecule has 2 atom stereocenters. The summed E-state index contributed by atoms with van der Waals surface area (Å²) in [6.07, 6.45) is -5.84. The fourth-order valence-corrected chi connectivity index (χ4v) is 2.65. The van der Waals surface area contributed by atoms with Crippen molar-refractivity contribution in [1.29, 1.82) is 0 Å². The van der Waals surface area contributed by atoms with Crippen LogP contribution in [0.25, 0.3) is 0 Å². The smallest absolute Gasteiger partial charge is 0.455 e. The molecule has 0 fully saturated rings. The number of para-hydroxylation sites is 2. The maximum absolute atomic E-state index is 12.9. The summed E-state index contributed by atoms with van der Waals surface area (Å²) < 4.78 is 67.9. The van der Waals surface area contributed by atoms with E-state index in [4.69, 9.17) is 4.74 Å². The summed E-state index contributed by atoms with van der Waals surface area (Å²) in [6.45, 7) is 0.727. The van der Waals surface area contributed by atoms with Gasteiger partial charge in [0.25, 0.3) is 5.91 Å². The number of alkyl halides is 5. The molecule has 3 amide bonds. The molecule has 2 unspecified atom stereocenters. The third kappa shape index (κ3) is 4.97. The van der Waals surface area contributed by atoms with Gasteiger partial charge in [0.15, 0.2) is 0 Å². The number of ether oxygens (including phenoxy) is 1. The van der Waals surface area contributed by atoms with Crippen LogP contribution < -0.4 is 20.3 Å². The third-order valence-corrected chi connectivity index (χ3v) is 4.44. The van der Waals surface area contributed by atoms with Crippen LogP contribution in [0, 0.1) is 5.92 Å². The Balaban J connectivity index is 2.03. The summed E-state index contributed by atoms with van der Waals surface area (Å²) in [5.41, 5.74) is 0.488. The molecule has 0 aromatic heterocycles. The Morgan fingerprint density at radius 3 is 2.43 bits per heavy atom. The van der Waals surface area contributed by atoms with E-state index in [-0.39, 0.29) is 13.2 Å². The minimum Gasteiger partial charge on any atom is -0.489 e. The first-order valence-corrected chi connectivity index (χ1v) is 8.95. The average molecular weight is 437 g/mol. The van der Waals surface area contributed by atoms with Crippen molar-refractivity contribution in [3.63, 3.8) is 0 Å². The molecule has 7 nitrogen and oxygen atoms in total. The van der Waals surface area contributed by atoms with E-state index in [1.165, 1.54) is 10.2 Å². The molecule has 0 saturated carbocycles. The summed E-state index contributed by atoms with van der Waals surface area (Å²) >= 11 is 0. The topological polar surface area (TPSA) is 87.7 Å². The number of halogens is 5. The number of anilines is 1. The maximum atomic E-state index is 12.9. The number of fused-ring (bicyclic) bond motifs is 1. The van der Waals surface area contributed by atoms with E-state index in [0.717, 1.165) is 6.92 Å². The van der Waals surface area contributed by atoms with E-state index < -0.39 is 48.3 Å². The van der Waals surface area contributed by atoms with E-state index >= 15 is 0 Å². The maximum Gasteiger partial charge on any atom is 0.455 e. The van der Waals surface area contributed by atoms with Crippen LogP contribution in [0.4, 0.5) is 27.6 Å². The van der Waals surface area contributed by atoms with Crippen molar-refractivity contribution in [2.75, 3.05) is 24.6 Å². The van der Waals surface area contributed by atoms with Crippen molar-refractivity contribution < 1.29 is 41.1 Å². The Bertz CT molecular complexity index is 815. The molecule has 1 aromatic carbocycles. The highest BCUT2D eigenvalue weighted by molar-refractivity contribution is 6.04. The lowest BCUT2D eigenvalue weighted by molar-refractivity contribution is -0.278. The quantitative estimate of drug-likeness (QED) is 0.526. The van der Waals surface area contributed by atoms with Gasteiger partial charge in [-0.2, -0.15) is 22.0 Å². The van der Waals surface area contributed by atoms with Gasteiger partial charge in [-0.25, -0.2) is 0 Å². The summed E-state index contributed by atoms with van der Waals surface area (Å²) in [7, 11) is 0. The van der Waals surface area contributed by atoms with E-state index in [1.807, 2.05) is 0 Å². The van der Waals surface area contributed by atoms with Crippen LogP contribution in [0.3, 0.4) is 0 Å². The molecular formula is C18H20F5N3O4. The SMILES string of the molecule is CCN1C(=O)C(NC(=O)C(C)C(=O)NCC(F)(F)C(F)(F)F)COc2ccccc21. The number of benzene rings is 1. The molecule has 0 radical (unpaired) electrons. The van der Waals surface area contributed by atoms with Crippen molar-refractivity contribution in [1.82, 2.24) is 10.6 Å². The first-order chi connectivity index (χ1) is 13.9. The highest BCUT2D eigenvalue weighted by Gasteiger charge is 2.57. The lowest BCUT2D eigenvalue weighted by Crippen LogP contribution is -2.54. The van der Waals surface area contributed by atoms with Gasteiger partial charge >= 0.3 is 12.1 Å². The molecule has 1 heterocycles. The van der Waals surface area contributed by atoms with Gasteiger partial charge < -0.3 is 20.3 Å². The second-order valence-electron chi connectivity index (χ2n) is 6.56. The molecule has 0 saturated heterocycles. The monoisotopic (exact) mass is 437 g/mol. The molecule has 0 bridgehead atoms. The zero-order valence-electron chi connectivity index (χ0n) is 16.1. The van der Waals surface area contributed by atoms with Crippen molar-refractivity contribution >= 4 is 23.4 Å². The number of hydrogen-bond acceptors (Lipinski definition) is 4. The summed E-state index contributed by atoms with van der Waals surface area (Å²) in [5, 5.41) is 3.70. The van der Waals surface area contributed by atoms with Crippen molar-refractivity contribution in [3.8, 4) is 5.75 Å². The van der Waals surface area contributed by atoms with Gasteiger partial charge in [-0.05, 0) is 26.0 Å². The first kappa shape index (κ1) is 23.4. The number of amides is 3. The Kier molecular flexibility index (Phi) is 6.88. The fourth-order valence-electron chi connectivity index (χ4n) is 2.65. The van der Waals surface area contributed by atoms with Crippen LogP contribution in [0.2, 0.25) is 0 Å². The second-order valence-corrected chi connectivity index (χ2v) is 6.56. The Morgan fingerprint density at radius 2 is 1.83 bits per heavy atom. The van der Waals surface area contributed by atoms with Gasteiger partial charge in [0.1, 0.15) is 24.3 Å². The fraction of sp³-hybridized carbons (Fsp3) is 0.500. The lowest BCUT2D eigenvalue weighted by Gasteiger charge is -2.24. The molecule has 0 spiro atoms. The highest BCUT2D eigenvalue weighted by Crippen LogP contribution is 2.34. The first-order valence-electron chi connectivity index (χ1n) is 8.95. The second kappa shape index (κ2) is 8.84. The number of hydrogen-bond donors (Lipinski definition) is 2. The number of nitrogens with one attached hydrogen (secondary N) is 2. The van der Waals surface area contributed by atoms with Crippen molar-refractivity contribution in [3.05, 3.63) is 24.3 Å². The Hall–Kier alpha value is -2.92. The molecular weight excluding hydrogens is 417 g/mol. The minimum atomic E-state index is -5.84. The molecule has 1 aliphatic rings. The predicted molar refractivity (Wildman–Crippen MR) is 95.1 cm³/mol. The van der Waals surface area contributed by atoms with Crippen LogP contribution in [0.15, 0.2) is 24.3 Å². The zero-order valence-corrected chi connectivity index (χ0v) is 16.1. The summed E-state index contributed by atoms with van der Waals surface area (Å²) in [6, 6.07) is 5.49. The van der Waals surface area contributed by atoms with Gasteiger partial charge in [-0.15, -0.1) is 0 Å². The summed E-state index contributed by atoms with van der Waals surface area (Å²) in [5.74, 6) is -9.24. The molecule has 2 N–H and O–H groups in total. The average Bonchev–Trinajstić information content (AvgIpc) is 2.81. The number of carbonyl (C=O) groups is 3. The van der Waals surface area contributed by atoms with Crippen molar-refractivity contribution in [2.24, 2.45) is 5.92 Å². The third-order valence-electron chi connectivity index (χ3n) is 4.44. The van der Waals surface area contributed by atoms with Crippen LogP contribution in [0.1, 0.15) is 13.8 Å². The van der Waals surface area contributed by atoms with Crippen molar-refractivity contribution in [2.45, 2.75) is 32.0 Å². The van der Waals surface area contributed by atoms with Crippen LogP contribution in [0.5, 0.6) is 5.75 Å².